The number of Topliss-reactive ketones (excluding diaryl/α,β-unsaturated/α-hetero) is 1. The number of fused-ring (bicyclic) bond motifs is 1. The highest BCUT2D eigenvalue weighted by Gasteiger charge is 2.22. The summed E-state index contributed by atoms with van der Waals surface area (Å²) in [4.78, 5) is 11.9. The number of aromatic nitrogens is 3. The van der Waals surface area contributed by atoms with Crippen LogP contribution in [0.15, 0.2) is 12.3 Å². The van der Waals surface area contributed by atoms with Crippen molar-refractivity contribution in [1.82, 2.24) is 14.3 Å². The van der Waals surface area contributed by atoms with E-state index >= 15 is 0 Å². The predicted octanol–water partition coefficient (Wildman–Crippen LogP) is 2.41. The highest BCUT2D eigenvalue weighted by Crippen LogP contribution is 2.26. The Labute approximate surface area is 113 Å². The van der Waals surface area contributed by atoms with E-state index in [0.29, 0.717) is 12.2 Å². The quantitative estimate of drug-likeness (QED) is 0.828. The molecule has 0 spiro atoms. The maximum Gasteiger partial charge on any atom is 0.164 e. The van der Waals surface area contributed by atoms with Gasteiger partial charge in [0.1, 0.15) is 0 Å². The van der Waals surface area contributed by atoms with E-state index < -0.39 is 0 Å². The molecule has 4 heteroatoms. The van der Waals surface area contributed by atoms with Gasteiger partial charge >= 0.3 is 0 Å². The van der Waals surface area contributed by atoms with Crippen LogP contribution in [-0.2, 0) is 20.0 Å². The molecular weight excluding hydrogens is 238 g/mol. The van der Waals surface area contributed by atoms with Crippen molar-refractivity contribution < 1.29 is 4.79 Å². The normalized spacial score (nSPS) is 14.8. The zero-order valence-electron chi connectivity index (χ0n) is 11.7. The fraction of sp³-hybridized carbons (Fsp3) is 0.467. The van der Waals surface area contributed by atoms with E-state index in [-0.39, 0.29) is 0 Å². The van der Waals surface area contributed by atoms with Crippen LogP contribution in [0, 0.1) is 13.8 Å². The minimum Gasteiger partial charge on any atom is -0.344 e. The van der Waals surface area contributed by atoms with E-state index in [2.05, 4.69) is 23.5 Å². The summed E-state index contributed by atoms with van der Waals surface area (Å²) in [6.07, 6.45) is 4.60. The third-order valence-corrected chi connectivity index (χ3v) is 4.20. The van der Waals surface area contributed by atoms with E-state index in [9.17, 15) is 4.79 Å². The predicted molar refractivity (Wildman–Crippen MR) is 73.5 cm³/mol. The van der Waals surface area contributed by atoms with Gasteiger partial charge in [-0.15, -0.1) is 0 Å². The number of nitrogens with zero attached hydrogens (tertiary/aromatic N) is 3. The molecule has 19 heavy (non-hydrogen) atoms. The molecule has 1 aliphatic carbocycles. The summed E-state index contributed by atoms with van der Waals surface area (Å²) in [5, 5.41) is 4.29. The van der Waals surface area contributed by atoms with Crippen LogP contribution in [0.25, 0.3) is 0 Å². The van der Waals surface area contributed by atoms with Crippen LogP contribution < -0.4 is 0 Å². The van der Waals surface area contributed by atoms with Crippen LogP contribution in [0.4, 0.5) is 0 Å². The van der Waals surface area contributed by atoms with E-state index in [0.717, 1.165) is 24.9 Å². The summed E-state index contributed by atoms with van der Waals surface area (Å²) < 4.78 is 4.17. The van der Waals surface area contributed by atoms with Gasteiger partial charge in [0.2, 0.25) is 0 Å². The largest absolute Gasteiger partial charge is 0.344 e. The smallest absolute Gasteiger partial charge is 0.164 e. The molecule has 1 aliphatic rings. The summed E-state index contributed by atoms with van der Waals surface area (Å²) in [5.41, 5.74) is 5.72. The SMILES string of the molecule is Cc1c(Cn2c(C)cc3c2CCCC3=O)cnn1C. The van der Waals surface area contributed by atoms with E-state index in [1.807, 2.05) is 24.0 Å². The highest BCUT2D eigenvalue weighted by molar-refractivity contribution is 5.98. The Morgan fingerprint density at radius 1 is 1.32 bits per heavy atom. The highest BCUT2D eigenvalue weighted by atomic mass is 16.1. The molecule has 2 aromatic rings. The number of hydrogen-bond acceptors (Lipinski definition) is 2. The lowest BCUT2D eigenvalue weighted by Crippen LogP contribution is -2.14. The number of aryl methyl sites for hydroxylation is 2. The summed E-state index contributed by atoms with van der Waals surface area (Å²) in [6.45, 7) is 4.98. The Balaban J connectivity index is 2.02. The van der Waals surface area contributed by atoms with Gasteiger partial charge in [-0.1, -0.05) is 0 Å². The lowest BCUT2D eigenvalue weighted by Gasteiger charge is -2.15. The average Bonchev–Trinajstić information content (AvgIpc) is 2.86. The minimum atomic E-state index is 0.297. The molecule has 2 heterocycles. The molecule has 0 atom stereocenters. The molecule has 0 radical (unpaired) electrons. The monoisotopic (exact) mass is 257 g/mol. The number of carbonyl (C=O) groups excluding carboxylic acids is 1. The summed E-state index contributed by atoms with van der Waals surface area (Å²) in [6, 6.07) is 2.04. The van der Waals surface area contributed by atoms with Crippen molar-refractivity contribution in [3.8, 4) is 0 Å². The first-order chi connectivity index (χ1) is 9.08. The number of carbonyl (C=O) groups is 1. The zero-order valence-corrected chi connectivity index (χ0v) is 11.7. The molecule has 0 aliphatic heterocycles. The van der Waals surface area contributed by atoms with Gasteiger partial charge < -0.3 is 4.57 Å². The van der Waals surface area contributed by atoms with E-state index in [1.54, 1.807) is 0 Å². The van der Waals surface area contributed by atoms with Crippen LogP contribution >= 0.6 is 0 Å². The Hall–Kier alpha value is -1.84. The van der Waals surface area contributed by atoms with Crippen LogP contribution in [0.3, 0.4) is 0 Å². The fourth-order valence-corrected chi connectivity index (χ4v) is 2.88. The Kier molecular flexibility index (Phi) is 2.81. The molecule has 0 bridgehead atoms. The maximum atomic E-state index is 11.9. The molecule has 0 saturated heterocycles. The molecule has 0 N–H and O–H groups in total. The van der Waals surface area contributed by atoms with Crippen molar-refractivity contribution in [3.63, 3.8) is 0 Å². The van der Waals surface area contributed by atoms with Gasteiger partial charge in [0.15, 0.2) is 5.78 Å². The minimum absolute atomic E-state index is 0.297. The fourth-order valence-electron chi connectivity index (χ4n) is 2.88. The number of ketones is 1. The first-order valence-electron chi connectivity index (χ1n) is 6.77. The number of rotatable bonds is 2. The third-order valence-electron chi connectivity index (χ3n) is 4.20. The molecule has 4 nitrogen and oxygen atoms in total. The molecule has 0 saturated carbocycles. The van der Waals surface area contributed by atoms with E-state index in [1.165, 1.54) is 22.6 Å². The second-order valence-corrected chi connectivity index (χ2v) is 5.39. The third kappa shape index (κ3) is 1.91. The Bertz CT molecular complexity index is 649. The van der Waals surface area contributed by atoms with E-state index in [4.69, 9.17) is 0 Å². The van der Waals surface area contributed by atoms with Crippen molar-refractivity contribution in [2.24, 2.45) is 7.05 Å². The molecule has 3 rings (SSSR count). The Morgan fingerprint density at radius 2 is 2.11 bits per heavy atom. The second-order valence-electron chi connectivity index (χ2n) is 5.39. The Morgan fingerprint density at radius 3 is 2.79 bits per heavy atom. The van der Waals surface area contributed by atoms with Crippen molar-refractivity contribution in [3.05, 3.63) is 40.5 Å². The van der Waals surface area contributed by atoms with Gasteiger partial charge in [-0.25, -0.2) is 0 Å². The van der Waals surface area contributed by atoms with Gasteiger partial charge in [0, 0.05) is 41.7 Å². The molecule has 0 unspecified atom stereocenters. The van der Waals surface area contributed by atoms with Crippen LogP contribution in [0.2, 0.25) is 0 Å². The average molecular weight is 257 g/mol. The topological polar surface area (TPSA) is 39.8 Å². The lowest BCUT2D eigenvalue weighted by molar-refractivity contribution is 0.0972. The molecule has 0 amide bonds. The van der Waals surface area contributed by atoms with Gasteiger partial charge in [-0.3, -0.25) is 9.48 Å². The number of hydrogen-bond donors (Lipinski definition) is 0. The first-order valence-corrected chi connectivity index (χ1v) is 6.77. The van der Waals surface area contributed by atoms with Crippen molar-refractivity contribution in [2.75, 3.05) is 0 Å². The van der Waals surface area contributed by atoms with Gasteiger partial charge in [-0.2, -0.15) is 5.10 Å². The van der Waals surface area contributed by atoms with Gasteiger partial charge in [0.25, 0.3) is 0 Å². The van der Waals surface area contributed by atoms with Crippen LogP contribution in [-0.4, -0.2) is 20.1 Å². The van der Waals surface area contributed by atoms with Crippen molar-refractivity contribution >= 4 is 5.78 Å². The van der Waals surface area contributed by atoms with Crippen molar-refractivity contribution in [2.45, 2.75) is 39.7 Å². The molecular formula is C15H19N3O. The van der Waals surface area contributed by atoms with Crippen molar-refractivity contribution in [1.29, 1.82) is 0 Å². The van der Waals surface area contributed by atoms with Crippen LogP contribution in [0.1, 0.15) is 45.8 Å². The van der Waals surface area contributed by atoms with Gasteiger partial charge in [-0.05, 0) is 32.8 Å². The summed E-state index contributed by atoms with van der Waals surface area (Å²) in [5.74, 6) is 0.297. The van der Waals surface area contributed by atoms with Gasteiger partial charge in [0.05, 0.1) is 12.7 Å². The standard InChI is InChI=1S/C15H19N3O/c1-10-7-13-14(5-4-6-15(13)19)18(10)9-12-8-16-17(3)11(12)2/h7-8H,4-6,9H2,1-3H3. The molecule has 0 aromatic carbocycles. The lowest BCUT2D eigenvalue weighted by atomic mass is 9.96. The first kappa shape index (κ1) is 12.2. The summed E-state index contributed by atoms with van der Waals surface area (Å²) >= 11 is 0. The maximum absolute atomic E-state index is 11.9. The van der Waals surface area contributed by atoms with Crippen LogP contribution in [0.5, 0.6) is 0 Å². The zero-order chi connectivity index (χ0) is 13.6. The molecule has 2 aromatic heterocycles. The second kappa shape index (κ2) is 4.37. The molecule has 0 fully saturated rings. The summed E-state index contributed by atoms with van der Waals surface area (Å²) in [7, 11) is 1.96. The molecule has 100 valence electrons.